The minimum atomic E-state index is -0.780. The summed E-state index contributed by atoms with van der Waals surface area (Å²) in [6.45, 7) is 5.14. The zero-order chi connectivity index (χ0) is 31.4. The van der Waals surface area contributed by atoms with Crippen LogP contribution in [-0.2, 0) is 38.4 Å². The second-order valence-corrected chi connectivity index (χ2v) is 12.9. The van der Waals surface area contributed by atoms with Gasteiger partial charge in [0.15, 0.2) is 0 Å². The van der Waals surface area contributed by atoms with Crippen LogP contribution in [0, 0.1) is 0 Å². The number of amides is 8. The fourth-order valence-electron chi connectivity index (χ4n) is 2.23. The Bertz CT molecular complexity index is 783. The van der Waals surface area contributed by atoms with E-state index in [0.29, 0.717) is 0 Å². The normalized spacial score (nSPS) is 13.1. The zero-order valence-corrected chi connectivity index (χ0v) is 25.6. The molecule has 12 N–H and O–H groups in total. The number of hydrogen-bond acceptors (Lipinski definition) is 12. The summed E-state index contributed by atoms with van der Waals surface area (Å²) in [5.74, 6) is -2.95. The highest BCUT2D eigenvalue weighted by Crippen LogP contribution is 2.23. The molecule has 0 aliphatic rings. The van der Waals surface area contributed by atoms with Crippen LogP contribution in [-0.4, -0.2) is 94.4 Å². The van der Waals surface area contributed by atoms with E-state index >= 15 is 0 Å². The second kappa shape index (κ2) is 21.9. The van der Waals surface area contributed by atoms with Crippen LogP contribution in [0.3, 0.4) is 0 Å². The monoisotopic (exact) mass is 644 g/mol. The molecule has 0 aromatic rings. The molecular weight excluding hydrogens is 609 g/mol. The van der Waals surface area contributed by atoms with Crippen molar-refractivity contribution in [2.24, 2.45) is 22.9 Å². The summed E-state index contributed by atoms with van der Waals surface area (Å²) in [5, 5.41) is 9.65. The van der Waals surface area contributed by atoms with Gasteiger partial charge in [0.05, 0.1) is 0 Å². The minimum Gasteiger partial charge on any atom is -0.368 e. The van der Waals surface area contributed by atoms with Crippen molar-refractivity contribution in [2.75, 3.05) is 23.0 Å². The zero-order valence-electron chi connectivity index (χ0n) is 22.3. The standard InChI is InChI=1S/2C10H18N4O4S2/c2*1-5(15)13-7(9(11)17)3-19-20-4-8(10(12)18)14-6(2)16/h2*7-8H,3-4H2,1-2H3,(H2,11,17)(H2,12,18)(H,13,15)(H,14,16)/t2*7-,8+. The lowest BCUT2D eigenvalue weighted by Gasteiger charge is -2.15. The average Bonchev–Trinajstić information content (AvgIpc) is 2.80. The molecule has 228 valence electrons. The molecule has 0 saturated carbocycles. The third-order valence-electron chi connectivity index (χ3n) is 3.99. The summed E-state index contributed by atoms with van der Waals surface area (Å²) in [6.07, 6.45) is 0. The molecule has 16 nitrogen and oxygen atoms in total. The third-order valence-corrected chi connectivity index (χ3v) is 8.83. The molecule has 0 unspecified atom stereocenters. The Labute approximate surface area is 247 Å². The van der Waals surface area contributed by atoms with E-state index in [0.717, 1.165) is 0 Å². The Morgan fingerprint density at radius 2 is 0.575 bits per heavy atom. The first-order valence-corrected chi connectivity index (χ1v) is 16.2. The van der Waals surface area contributed by atoms with Gasteiger partial charge in [-0.1, -0.05) is 43.2 Å². The van der Waals surface area contributed by atoms with Crippen molar-refractivity contribution in [1.29, 1.82) is 0 Å². The lowest BCUT2D eigenvalue weighted by Crippen LogP contribution is -2.46. The van der Waals surface area contributed by atoms with Gasteiger partial charge in [-0.05, 0) is 0 Å². The van der Waals surface area contributed by atoms with Crippen LogP contribution < -0.4 is 44.2 Å². The van der Waals surface area contributed by atoms with Gasteiger partial charge in [-0.2, -0.15) is 0 Å². The molecule has 20 heteroatoms. The SMILES string of the molecule is CC(=O)N[C@@H](CSSC[C@@H](NC(C)=O)C(N)=O)C(N)=O.CC(=O)N[C@@H](CSSC[C@@H](NC(C)=O)C(N)=O)C(N)=O. The van der Waals surface area contributed by atoms with Gasteiger partial charge in [0.1, 0.15) is 24.2 Å². The molecule has 0 spiro atoms. The van der Waals surface area contributed by atoms with Gasteiger partial charge in [-0.3, -0.25) is 38.4 Å². The van der Waals surface area contributed by atoms with Gasteiger partial charge in [-0.25, -0.2) is 0 Å². The molecule has 40 heavy (non-hydrogen) atoms. The van der Waals surface area contributed by atoms with Gasteiger partial charge in [0.25, 0.3) is 0 Å². The van der Waals surface area contributed by atoms with Crippen LogP contribution in [0.2, 0.25) is 0 Å². The van der Waals surface area contributed by atoms with Crippen LogP contribution in [0.1, 0.15) is 27.7 Å². The Morgan fingerprint density at radius 3 is 0.675 bits per heavy atom. The number of primary amides is 4. The molecule has 0 fully saturated rings. The fourth-order valence-corrected chi connectivity index (χ4v) is 6.93. The van der Waals surface area contributed by atoms with Crippen LogP contribution in [0.15, 0.2) is 0 Å². The second-order valence-electron chi connectivity index (χ2n) is 7.76. The number of hydrogen-bond donors (Lipinski definition) is 8. The van der Waals surface area contributed by atoms with Crippen molar-refractivity contribution in [3.8, 4) is 0 Å². The van der Waals surface area contributed by atoms with Crippen molar-refractivity contribution in [3.63, 3.8) is 0 Å². The molecule has 0 saturated heterocycles. The summed E-state index contributed by atoms with van der Waals surface area (Å²) in [4.78, 5) is 87.7. The van der Waals surface area contributed by atoms with Gasteiger partial charge in [-0.15, -0.1) is 0 Å². The highest BCUT2D eigenvalue weighted by atomic mass is 33.1. The molecule has 0 bridgehead atoms. The van der Waals surface area contributed by atoms with E-state index in [1.807, 2.05) is 0 Å². The van der Waals surface area contributed by atoms with Crippen LogP contribution in [0.5, 0.6) is 0 Å². The maximum Gasteiger partial charge on any atom is 0.240 e. The molecule has 0 rings (SSSR count). The summed E-state index contributed by atoms with van der Waals surface area (Å²) < 4.78 is 0. The Kier molecular flexibility index (Phi) is 21.5. The molecule has 0 aromatic heterocycles. The molecule has 4 atom stereocenters. The van der Waals surface area contributed by atoms with E-state index in [1.165, 1.54) is 70.9 Å². The predicted molar refractivity (Wildman–Crippen MR) is 157 cm³/mol. The topological polar surface area (TPSA) is 289 Å². The summed E-state index contributed by atoms with van der Waals surface area (Å²) >= 11 is 0. The van der Waals surface area contributed by atoms with Crippen molar-refractivity contribution >= 4 is 90.4 Å². The van der Waals surface area contributed by atoms with Crippen molar-refractivity contribution in [1.82, 2.24) is 21.3 Å². The smallest absolute Gasteiger partial charge is 0.240 e. The first kappa shape index (κ1) is 39.3. The quantitative estimate of drug-likeness (QED) is 0.0538. The molecule has 0 radical (unpaired) electrons. The average molecular weight is 645 g/mol. The van der Waals surface area contributed by atoms with Crippen LogP contribution in [0.25, 0.3) is 0 Å². The molecular formula is C20H36N8O8S4. The summed E-state index contributed by atoms with van der Waals surface area (Å²) in [7, 11) is 4.99. The molecule has 0 aliphatic carbocycles. The van der Waals surface area contributed by atoms with E-state index in [9.17, 15) is 38.4 Å². The third kappa shape index (κ3) is 22.0. The van der Waals surface area contributed by atoms with Gasteiger partial charge >= 0.3 is 0 Å². The Balaban J connectivity index is 0. The number of nitrogens with one attached hydrogen (secondary N) is 4. The number of rotatable bonds is 18. The lowest BCUT2D eigenvalue weighted by atomic mass is 10.3. The number of nitrogens with two attached hydrogens (primary N) is 4. The van der Waals surface area contributed by atoms with Crippen molar-refractivity contribution in [3.05, 3.63) is 0 Å². The maximum absolute atomic E-state index is 11.1. The maximum atomic E-state index is 11.1. The van der Waals surface area contributed by atoms with E-state index in [4.69, 9.17) is 22.9 Å². The fraction of sp³-hybridized carbons (Fsp3) is 0.600. The summed E-state index contributed by atoms with van der Waals surface area (Å²) in [6, 6.07) is -3.12. The van der Waals surface area contributed by atoms with Gasteiger partial charge < -0.3 is 44.2 Å². The number of carbonyl (C=O) groups is 8. The lowest BCUT2D eigenvalue weighted by molar-refractivity contribution is -0.125. The molecule has 0 heterocycles. The van der Waals surface area contributed by atoms with Gasteiger partial charge in [0, 0.05) is 50.7 Å². The Hall–Kier alpha value is -2.84. The minimum absolute atomic E-state index is 0.255. The van der Waals surface area contributed by atoms with E-state index < -0.39 is 47.8 Å². The van der Waals surface area contributed by atoms with Crippen LogP contribution >= 0.6 is 43.2 Å². The molecule has 8 amide bonds. The van der Waals surface area contributed by atoms with Crippen LogP contribution in [0.4, 0.5) is 0 Å². The van der Waals surface area contributed by atoms with Crippen molar-refractivity contribution in [2.45, 2.75) is 51.9 Å². The van der Waals surface area contributed by atoms with E-state index in [2.05, 4.69) is 21.3 Å². The largest absolute Gasteiger partial charge is 0.368 e. The molecule has 0 aromatic carbocycles. The summed E-state index contributed by atoms with van der Waals surface area (Å²) in [5.41, 5.74) is 20.5. The highest BCUT2D eigenvalue weighted by molar-refractivity contribution is 8.77. The first-order valence-electron chi connectivity index (χ1n) is 11.2. The molecule has 0 aliphatic heterocycles. The Morgan fingerprint density at radius 1 is 0.425 bits per heavy atom. The van der Waals surface area contributed by atoms with E-state index in [-0.39, 0.29) is 46.6 Å². The van der Waals surface area contributed by atoms with Crippen molar-refractivity contribution < 1.29 is 38.4 Å². The first-order chi connectivity index (χ1) is 18.5. The number of carbonyl (C=O) groups excluding carboxylic acids is 8. The van der Waals surface area contributed by atoms with E-state index in [1.54, 1.807) is 0 Å². The highest BCUT2D eigenvalue weighted by Gasteiger charge is 2.20. The predicted octanol–water partition coefficient (Wildman–Crippen LogP) is -3.30. The van der Waals surface area contributed by atoms with Gasteiger partial charge in [0.2, 0.25) is 47.3 Å².